The summed E-state index contributed by atoms with van der Waals surface area (Å²) in [6, 6.07) is 3.72. The van der Waals surface area contributed by atoms with Gasteiger partial charge in [-0.15, -0.1) is 0 Å². The van der Waals surface area contributed by atoms with Crippen LogP contribution in [0.2, 0.25) is 0 Å². The summed E-state index contributed by atoms with van der Waals surface area (Å²) < 4.78 is 0. The van der Waals surface area contributed by atoms with Gasteiger partial charge in [0.1, 0.15) is 5.69 Å². The normalized spacial score (nSPS) is 23.7. The molecule has 104 valence electrons. The van der Waals surface area contributed by atoms with Crippen molar-refractivity contribution in [3.8, 4) is 0 Å². The van der Waals surface area contributed by atoms with E-state index < -0.39 is 0 Å². The smallest absolute Gasteiger partial charge is 0.189 e. The zero-order valence-corrected chi connectivity index (χ0v) is 10.8. The van der Waals surface area contributed by atoms with Crippen LogP contribution in [0.5, 0.6) is 0 Å². The Hall–Kier alpha value is -1.66. The standard InChI is InChI=1S/C13H20N4O2/c14-13(17-19)12-10(2-1-5-16-12)8-15-7-9-3-4-11(18)6-9/h1-2,5,9,11,15,18-19H,3-4,6-8H2,(H2,14,17). The van der Waals surface area contributed by atoms with Crippen LogP contribution in [0.15, 0.2) is 23.5 Å². The molecule has 0 amide bonds. The quantitative estimate of drug-likeness (QED) is 0.267. The lowest BCUT2D eigenvalue weighted by atomic mass is 10.1. The maximum Gasteiger partial charge on any atom is 0.189 e. The van der Waals surface area contributed by atoms with Crippen molar-refractivity contribution >= 4 is 5.84 Å². The molecule has 6 nitrogen and oxygen atoms in total. The second-order valence-corrected chi connectivity index (χ2v) is 4.96. The van der Waals surface area contributed by atoms with Crippen molar-refractivity contribution in [2.75, 3.05) is 6.54 Å². The van der Waals surface area contributed by atoms with E-state index in [0.717, 1.165) is 31.4 Å². The highest BCUT2D eigenvalue weighted by Crippen LogP contribution is 2.24. The average Bonchev–Trinajstić information content (AvgIpc) is 2.84. The van der Waals surface area contributed by atoms with E-state index >= 15 is 0 Å². The predicted octanol–water partition coefficient (Wildman–Crippen LogP) is 0.427. The number of hydrogen-bond donors (Lipinski definition) is 4. The summed E-state index contributed by atoms with van der Waals surface area (Å²) in [7, 11) is 0. The summed E-state index contributed by atoms with van der Waals surface area (Å²) in [5.74, 6) is 0.549. The van der Waals surface area contributed by atoms with E-state index in [1.165, 1.54) is 0 Å². The van der Waals surface area contributed by atoms with Gasteiger partial charge in [-0.3, -0.25) is 4.98 Å². The van der Waals surface area contributed by atoms with Crippen LogP contribution in [0.1, 0.15) is 30.5 Å². The van der Waals surface area contributed by atoms with Crippen molar-refractivity contribution in [3.63, 3.8) is 0 Å². The summed E-state index contributed by atoms with van der Waals surface area (Å²) in [6.07, 6.45) is 4.30. The van der Waals surface area contributed by atoms with Gasteiger partial charge in [-0.05, 0) is 43.4 Å². The highest BCUT2D eigenvalue weighted by molar-refractivity contribution is 5.96. The summed E-state index contributed by atoms with van der Waals surface area (Å²) >= 11 is 0. The van der Waals surface area contributed by atoms with Gasteiger partial charge in [0, 0.05) is 12.7 Å². The SMILES string of the molecule is N/C(=N/O)c1ncccc1CNCC1CCC(O)C1. The highest BCUT2D eigenvalue weighted by atomic mass is 16.4. The van der Waals surface area contributed by atoms with Crippen LogP contribution >= 0.6 is 0 Å². The number of hydrogen-bond acceptors (Lipinski definition) is 5. The fourth-order valence-electron chi connectivity index (χ4n) is 2.50. The van der Waals surface area contributed by atoms with Crippen LogP contribution in [-0.2, 0) is 6.54 Å². The van der Waals surface area contributed by atoms with Crippen LogP contribution in [0.25, 0.3) is 0 Å². The molecule has 0 saturated heterocycles. The summed E-state index contributed by atoms with van der Waals surface area (Å²) in [6.45, 7) is 1.48. The number of aliphatic hydroxyl groups is 1. The van der Waals surface area contributed by atoms with Crippen LogP contribution in [-0.4, -0.2) is 33.8 Å². The van der Waals surface area contributed by atoms with Crippen molar-refractivity contribution in [3.05, 3.63) is 29.6 Å². The molecule has 19 heavy (non-hydrogen) atoms. The van der Waals surface area contributed by atoms with Crippen molar-refractivity contribution in [1.82, 2.24) is 10.3 Å². The minimum Gasteiger partial charge on any atom is -0.409 e. The van der Waals surface area contributed by atoms with Crippen LogP contribution < -0.4 is 11.1 Å². The van der Waals surface area contributed by atoms with Crippen molar-refractivity contribution in [2.24, 2.45) is 16.8 Å². The Labute approximate surface area is 112 Å². The van der Waals surface area contributed by atoms with Crippen molar-refractivity contribution in [2.45, 2.75) is 31.9 Å². The van der Waals surface area contributed by atoms with E-state index in [9.17, 15) is 5.11 Å². The second kappa shape index (κ2) is 6.49. The van der Waals surface area contributed by atoms with Gasteiger partial charge in [0.15, 0.2) is 5.84 Å². The Kier molecular flexibility index (Phi) is 4.70. The molecule has 0 radical (unpaired) electrons. The monoisotopic (exact) mass is 264 g/mol. The molecule has 1 aliphatic rings. The number of pyridine rings is 1. The number of nitrogens with zero attached hydrogens (tertiary/aromatic N) is 2. The number of oxime groups is 1. The maximum atomic E-state index is 9.47. The molecule has 2 atom stereocenters. The molecule has 0 bridgehead atoms. The fraction of sp³-hybridized carbons (Fsp3) is 0.538. The van der Waals surface area contributed by atoms with Gasteiger partial charge < -0.3 is 21.4 Å². The van der Waals surface area contributed by atoms with E-state index in [-0.39, 0.29) is 11.9 Å². The van der Waals surface area contributed by atoms with Gasteiger partial charge in [0.2, 0.25) is 0 Å². The maximum absolute atomic E-state index is 9.47. The van der Waals surface area contributed by atoms with Crippen LogP contribution in [0.4, 0.5) is 0 Å². The minimum absolute atomic E-state index is 0.0219. The minimum atomic E-state index is -0.141. The number of aromatic nitrogens is 1. The van der Waals surface area contributed by atoms with Gasteiger partial charge in [-0.2, -0.15) is 0 Å². The third-order valence-electron chi connectivity index (χ3n) is 3.50. The van der Waals surface area contributed by atoms with Gasteiger partial charge >= 0.3 is 0 Å². The van der Waals surface area contributed by atoms with Crippen molar-refractivity contribution < 1.29 is 10.3 Å². The molecular formula is C13H20N4O2. The summed E-state index contributed by atoms with van der Waals surface area (Å²) in [5.41, 5.74) is 6.99. The highest BCUT2D eigenvalue weighted by Gasteiger charge is 2.22. The molecule has 1 aromatic rings. The molecular weight excluding hydrogens is 244 g/mol. The number of nitrogens with two attached hydrogens (primary N) is 1. The molecule has 6 heteroatoms. The molecule has 1 heterocycles. The summed E-state index contributed by atoms with van der Waals surface area (Å²) in [4.78, 5) is 4.12. The van der Waals surface area contributed by atoms with Gasteiger partial charge in [-0.1, -0.05) is 11.2 Å². The molecule has 2 rings (SSSR count). The number of aliphatic hydroxyl groups excluding tert-OH is 1. The lowest BCUT2D eigenvalue weighted by Gasteiger charge is -2.12. The molecule has 0 spiro atoms. The second-order valence-electron chi connectivity index (χ2n) is 4.96. The van der Waals surface area contributed by atoms with Gasteiger partial charge in [0.05, 0.1) is 6.10 Å². The number of amidine groups is 1. The first-order chi connectivity index (χ1) is 9.20. The molecule has 0 aliphatic heterocycles. The predicted molar refractivity (Wildman–Crippen MR) is 71.8 cm³/mol. The third-order valence-corrected chi connectivity index (χ3v) is 3.50. The zero-order chi connectivity index (χ0) is 13.7. The van der Waals surface area contributed by atoms with E-state index in [0.29, 0.717) is 18.2 Å². The van der Waals surface area contributed by atoms with E-state index in [4.69, 9.17) is 10.9 Å². The first kappa shape index (κ1) is 13.8. The van der Waals surface area contributed by atoms with E-state index in [1.807, 2.05) is 12.1 Å². The van der Waals surface area contributed by atoms with Crippen LogP contribution in [0.3, 0.4) is 0 Å². The Balaban J connectivity index is 1.89. The first-order valence-electron chi connectivity index (χ1n) is 6.51. The van der Waals surface area contributed by atoms with Gasteiger partial charge in [0.25, 0.3) is 0 Å². The molecule has 1 aromatic heterocycles. The lowest BCUT2D eigenvalue weighted by Crippen LogP contribution is -2.24. The molecule has 0 aromatic carbocycles. The van der Waals surface area contributed by atoms with Crippen molar-refractivity contribution in [1.29, 1.82) is 0 Å². The largest absolute Gasteiger partial charge is 0.409 e. The third kappa shape index (κ3) is 3.65. The van der Waals surface area contributed by atoms with E-state index in [1.54, 1.807) is 6.20 Å². The Bertz CT molecular complexity index is 450. The van der Waals surface area contributed by atoms with Gasteiger partial charge in [-0.25, -0.2) is 0 Å². The molecule has 1 fully saturated rings. The zero-order valence-electron chi connectivity index (χ0n) is 10.8. The average molecular weight is 264 g/mol. The molecule has 5 N–H and O–H groups in total. The molecule has 2 unspecified atom stereocenters. The van der Waals surface area contributed by atoms with Crippen LogP contribution in [0, 0.1) is 5.92 Å². The lowest BCUT2D eigenvalue weighted by molar-refractivity contribution is 0.177. The Morgan fingerprint density at radius 3 is 3.05 bits per heavy atom. The Morgan fingerprint density at radius 2 is 2.37 bits per heavy atom. The van der Waals surface area contributed by atoms with E-state index in [2.05, 4.69) is 15.5 Å². The summed E-state index contributed by atoms with van der Waals surface area (Å²) in [5, 5.41) is 24.5. The Morgan fingerprint density at radius 1 is 1.53 bits per heavy atom. The fourth-order valence-corrected chi connectivity index (χ4v) is 2.50. The number of nitrogens with one attached hydrogen (secondary N) is 1. The molecule has 1 saturated carbocycles. The first-order valence-corrected chi connectivity index (χ1v) is 6.51. The number of rotatable bonds is 5. The molecule has 1 aliphatic carbocycles. The topological polar surface area (TPSA) is 104 Å².